The van der Waals surface area contributed by atoms with Crippen LogP contribution in [0.25, 0.3) is 22.3 Å². The van der Waals surface area contributed by atoms with E-state index >= 15 is 0 Å². The van der Waals surface area contributed by atoms with Crippen molar-refractivity contribution >= 4 is 11.0 Å². The van der Waals surface area contributed by atoms with Gasteiger partial charge in [-0.25, -0.2) is 4.98 Å². The Morgan fingerprint density at radius 3 is 3.00 bits per heavy atom. The molecule has 0 saturated carbocycles. The van der Waals surface area contributed by atoms with Crippen LogP contribution in [0.5, 0.6) is 0 Å². The minimum Gasteiger partial charge on any atom is -0.334 e. The summed E-state index contributed by atoms with van der Waals surface area (Å²) in [6.45, 7) is 2.70. The lowest BCUT2D eigenvalue weighted by molar-refractivity contribution is 0.896. The first-order valence-electron chi connectivity index (χ1n) is 6.36. The SMILES string of the molecule is Cc1c(-c2ccc3c(c2)ncn3C)n[nH]c1CCN. The molecule has 0 fully saturated rings. The number of nitrogens with one attached hydrogen (secondary N) is 1. The first kappa shape index (κ1) is 11.9. The Kier molecular flexibility index (Phi) is 2.83. The highest BCUT2D eigenvalue weighted by molar-refractivity contribution is 5.81. The van der Waals surface area contributed by atoms with Gasteiger partial charge in [0.05, 0.1) is 23.1 Å². The van der Waals surface area contributed by atoms with E-state index in [1.54, 1.807) is 0 Å². The van der Waals surface area contributed by atoms with Crippen LogP contribution in [-0.4, -0.2) is 26.3 Å². The smallest absolute Gasteiger partial charge is 0.0955 e. The van der Waals surface area contributed by atoms with Crippen molar-refractivity contribution in [1.82, 2.24) is 19.7 Å². The molecule has 0 spiro atoms. The molecule has 3 N–H and O–H groups in total. The number of aromatic amines is 1. The number of benzene rings is 1. The van der Waals surface area contributed by atoms with Crippen LogP contribution in [0.4, 0.5) is 0 Å². The van der Waals surface area contributed by atoms with Gasteiger partial charge in [-0.3, -0.25) is 5.10 Å². The van der Waals surface area contributed by atoms with E-state index in [1.165, 1.54) is 5.56 Å². The van der Waals surface area contributed by atoms with Crippen molar-refractivity contribution in [2.24, 2.45) is 12.8 Å². The maximum Gasteiger partial charge on any atom is 0.0955 e. The molecular weight excluding hydrogens is 238 g/mol. The van der Waals surface area contributed by atoms with Gasteiger partial charge in [-0.05, 0) is 31.2 Å². The number of nitrogens with zero attached hydrogens (tertiary/aromatic N) is 3. The molecule has 5 nitrogen and oxygen atoms in total. The van der Waals surface area contributed by atoms with Crippen LogP contribution in [0.15, 0.2) is 24.5 Å². The van der Waals surface area contributed by atoms with E-state index < -0.39 is 0 Å². The van der Waals surface area contributed by atoms with E-state index in [2.05, 4.69) is 40.3 Å². The molecule has 3 rings (SSSR count). The second-order valence-electron chi connectivity index (χ2n) is 4.77. The number of H-pyrrole nitrogens is 1. The predicted octanol–water partition coefficient (Wildman–Crippen LogP) is 1.77. The van der Waals surface area contributed by atoms with E-state index in [0.29, 0.717) is 6.54 Å². The molecule has 19 heavy (non-hydrogen) atoms. The highest BCUT2D eigenvalue weighted by Gasteiger charge is 2.11. The first-order chi connectivity index (χ1) is 9.20. The Morgan fingerprint density at radius 2 is 2.21 bits per heavy atom. The fraction of sp³-hybridized carbons (Fsp3) is 0.286. The summed E-state index contributed by atoms with van der Waals surface area (Å²) in [5, 5.41) is 7.47. The van der Waals surface area contributed by atoms with Crippen LogP contribution in [-0.2, 0) is 13.5 Å². The first-order valence-corrected chi connectivity index (χ1v) is 6.36. The van der Waals surface area contributed by atoms with E-state index in [4.69, 9.17) is 5.73 Å². The van der Waals surface area contributed by atoms with Crippen LogP contribution in [0, 0.1) is 6.92 Å². The lowest BCUT2D eigenvalue weighted by Gasteiger charge is -2.01. The minimum atomic E-state index is 0.627. The molecule has 0 unspecified atom stereocenters. The number of aryl methyl sites for hydroxylation is 1. The highest BCUT2D eigenvalue weighted by atomic mass is 15.1. The standard InChI is InChI=1S/C14H17N5/c1-9-11(5-6-15)17-18-14(9)10-3-4-13-12(7-10)16-8-19(13)2/h3-4,7-8H,5-6,15H2,1-2H3,(H,17,18). The van der Waals surface area contributed by atoms with Gasteiger partial charge in [0, 0.05) is 24.7 Å². The zero-order chi connectivity index (χ0) is 13.4. The predicted molar refractivity (Wildman–Crippen MR) is 75.8 cm³/mol. The van der Waals surface area contributed by atoms with Gasteiger partial charge in [-0.2, -0.15) is 5.10 Å². The lowest BCUT2D eigenvalue weighted by Crippen LogP contribution is -2.03. The van der Waals surface area contributed by atoms with Crippen molar-refractivity contribution in [3.05, 3.63) is 35.8 Å². The van der Waals surface area contributed by atoms with Crippen molar-refractivity contribution < 1.29 is 0 Å². The van der Waals surface area contributed by atoms with Crippen LogP contribution < -0.4 is 5.73 Å². The number of imidazole rings is 1. The molecule has 0 aliphatic heterocycles. The number of fused-ring (bicyclic) bond motifs is 1. The molecule has 0 bridgehead atoms. The molecule has 2 heterocycles. The average molecular weight is 255 g/mol. The fourth-order valence-electron chi connectivity index (χ4n) is 2.39. The molecule has 2 aromatic heterocycles. The summed E-state index contributed by atoms with van der Waals surface area (Å²) in [6.07, 6.45) is 2.65. The number of aromatic nitrogens is 4. The monoisotopic (exact) mass is 255 g/mol. The van der Waals surface area contributed by atoms with E-state index in [-0.39, 0.29) is 0 Å². The maximum absolute atomic E-state index is 5.59. The van der Waals surface area contributed by atoms with E-state index in [0.717, 1.165) is 34.4 Å². The third-order valence-corrected chi connectivity index (χ3v) is 3.50. The Bertz CT molecular complexity index is 723. The van der Waals surface area contributed by atoms with Gasteiger partial charge in [-0.15, -0.1) is 0 Å². The van der Waals surface area contributed by atoms with Crippen LogP contribution in [0.1, 0.15) is 11.3 Å². The topological polar surface area (TPSA) is 72.5 Å². The third kappa shape index (κ3) is 1.92. The maximum atomic E-state index is 5.59. The van der Waals surface area contributed by atoms with Gasteiger partial charge < -0.3 is 10.3 Å². The molecule has 0 aliphatic rings. The largest absolute Gasteiger partial charge is 0.334 e. The Hall–Kier alpha value is -2.14. The Labute approximate surface area is 111 Å². The van der Waals surface area contributed by atoms with Crippen molar-refractivity contribution in [3.63, 3.8) is 0 Å². The number of hydrogen-bond acceptors (Lipinski definition) is 3. The summed E-state index contributed by atoms with van der Waals surface area (Å²) in [4.78, 5) is 4.38. The number of hydrogen-bond donors (Lipinski definition) is 2. The molecule has 1 aromatic carbocycles. The normalized spacial score (nSPS) is 11.3. The van der Waals surface area contributed by atoms with Gasteiger partial charge in [0.2, 0.25) is 0 Å². The van der Waals surface area contributed by atoms with Gasteiger partial charge in [-0.1, -0.05) is 6.07 Å². The number of rotatable bonds is 3. The molecule has 0 amide bonds. The van der Waals surface area contributed by atoms with Gasteiger partial charge in [0.15, 0.2) is 0 Å². The van der Waals surface area contributed by atoms with Crippen LogP contribution in [0.3, 0.4) is 0 Å². The summed E-state index contributed by atoms with van der Waals surface area (Å²) in [5.74, 6) is 0. The third-order valence-electron chi connectivity index (χ3n) is 3.50. The van der Waals surface area contributed by atoms with Crippen molar-refractivity contribution in [1.29, 1.82) is 0 Å². The number of nitrogens with two attached hydrogens (primary N) is 1. The highest BCUT2D eigenvalue weighted by Crippen LogP contribution is 2.26. The van der Waals surface area contributed by atoms with Gasteiger partial charge in [0.1, 0.15) is 0 Å². The average Bonchev–Trinajstić information content (AvgIpc) is 2.95. The van der Waals surface area contributed by atoms with Crippen molar-refractivity contribution in [2.45, 2.75) is 13.3 Å². The summed E-state index contributed by atoms with van der Waals surface area (Å²) in [5.41, 5.74) is 12.1. The van der Waals surface area contributed by atoms with Crippen LogP contribution >= 0.6 is 0 Å². The van der Waals surface area contributed by atoms with Crippen molar-refractivity contribution in [3.8, 4) is 11.3 Å². The summed E-state index contributed by atoms with van der Waals surface area (Å²) < 4.78 is 2.01. The molecule has 5 heteroatoms. The van der Waals surface area contributed by atoms with E-state index in [9.17, 15) is 0 Å². The van der Waals surface area contributed by atoms with E-state index in [1.807, 2.05) is 17.9 Å². The van der Waals surface area contributed by atoms with Gasteiger partial charge >= 0.3 is 0 Å². The van der Waals surface area contributed by atoms with Gasteiger partial charge in [0.25, 0.3) is 0 Å². The zero-order valence-electron chi connectivity index (χ0n) is 11.1. The summed E-state index contributed by atoms with van der Waals surface area (Å²) in [6, 6.07) is 6.23. The lowest BCUT2D eigenvalue weighted by atomic mass is 10.1. The summed E-state index contributed by atoms with van der Waals surface area (Å²) >= 11 is 0. The Balaban J connectivity index is 2.08. The fourth-order valence-corrected chi connectivity index (χ4v) is 2.39. The molecule has 3 aromatic rings. The minimum absolute atomic E-state index is 0.627. The molecular formula is C14H17N5. The molecule has 0 atom stereocenters. The zero-order valence-corrected chi connectivity index (χ0v) is 11.1. The molecule has 0 radical (unpaired) electrons. The Morgan fingerprint density at radius 1 is 1.37 bits per heavy atom. The molecule has 98 valence electrons. The second-order valence-corrected chi connectivity index (χ2v) is 4.77. The quantitative estimate of drug-likeness (QED) is 0.749. The van der Waals surface area contributed by atoms with Crippen molar-refractivity contribution in [2.75, 3.05) is 6.54 Å². The molecule has 0 aliphatic carbocycles. The van der Waals surface area contributed by atoms with Crippen LogP contribution in [0.2, 0.25) is 0 Å². The second kappa shape index (κ2) is 4.51. The summed E-state index contributed by atoms with van der Waals surface area (Å²) in [7, 11) is 1.99. The molecule has 0 saturated heterocycles.